The Hall–Kier alpha value is -7.43. The first-order valence-corrected chi connectivity index (χ1v) is 22.3. The Morgan fingerprint density at radius 3 is 2.15 bits per heavy atom. The van der Waals surface area contributed by atoms with Crippen molar-refractivity contribution in [1.29, 1.82) is 0 Å². The SMILES string of the molecule is COc1ccc(OC)c(C=Cc2ccc(N3C(=O)[C@H]4[C@H](CC=C5[C@H]4C[C@H]4C(=O)N(c6cccc(Cl)c6)C(=O)[C@@]4(c4ccccc4)[C@H]5c4ccc(OCc5ccccc5)cc4O)C3=O)cc2)c1. The number of methoxy groups -OCH3 is 2. The zero-order valence-corrected chi connectivity index (χ0v) is 36.9. The second-order valence-corrected chi connectivity index (χ2v) is 17.6. The molecule has 0 spiro atoms. The maximum absolute atomic E-state index is 15.7. The van der Waals surface area contributed by atoms with Crippen LogP contribution >= 0.6 is 11.6 Å². The third kappa shape index (κ3) is 7.04. The Bertz CT molecular complexity index is 2950. The number of carbonyl (C=O) groups excluding carboxylic acids is 4. The first-order valence-electron chi connectivity index (χ1n) is 21.9. The van der Waals surface area contributed by atoms with E-state index in [1.807, 2.05) is 109 Å². The number of rotatable bonds is 11. The lowest BCUT2D eigenvalue weighted by Gasteiger charge is -2.50. The fourth-order valence-corrected chi connectivity index (χ4v) is 11.0. The number of phenolic OH excluding ortho intramolecular Hbond substituents is 1. The van der Waals surface area contributed by atoms with Crippen LogP contribution in [-0.2, 0) is 31.2 Å². The van der Waals surface area contributed by atoms with Crippen molar-refractivity contribution in [2.45, 2.75) is 30.8 Å². The Labute approximate surface area is 387 Å². The molecule has 6 aromatic rings. The van der Waals surface area contributed by atoms with E-state index in [0.717, 1.165) is 22.3 Å². The zero-order valence-electron chi connectivity index (χ0n) is 36.2. The van der Waals surface area contributed by atoms with Crippen molar-refractivity contribution in [3.05, 3.63) is 190 Å². The zero-order chi connectivity index (χ0) is 45.7. The van der Waals surface area contributed by atoms with Gasteiger partial charge in [0.25, 0.3) is 0 Å². The van der Waals surface area contributed by atoms with Gasteiger partial charge in [0.1, 0.15) is 29.6 Å². The number of phenols is 1. The average Bonchev–Trinajstić information content (AvgIpc) is 3.74. The van der Waals surface area contributed by atoms with Crippen molar-refractivity contribution in [2.75, 3.05) is 24.0 Å². The summed E-state index contributed by atoms with van der Waals surface area (Å²) in [6.07, 6.45) is 6.14. The number of nitrogens with zero attached hydrogens (tertiary/aromatic N) is 2. The van der Waals surface area contributed by atoms with Gasteiger partial charge in [-0.05, 0) is 90.0 Å². The van der Waals surface area contributed by atoms with Gasteiger partial charge >= 0.3 is 0 Å². The molecule has 0 radical (unpaired) electrons. The van der Waals surface area contributed by atoms with Gasteiger partial charge < -0.3 is 19.3 Å². The number of halogens is 1. The quantitative estimate of drug-likeness (QED) is 0.0775. The minimum absolute atomic E-state index is 0.114. The molecule has 3 fully saturated rings. The molecule has 330 valence electrons. The number of fused-ring (bicyclic) bond motifs is 4. The fraction of sp³-hybridized carbons (Fsp3) is 0.200. The van der Waals surface area contributed by atoms with E-state index in [0.29, 0.717) is 44.8 Å². The Kier molecular flexibility index (Phi) is 11.1. The number of amides is 4. The van der Waals surface area contributed by atoms with Crippen LogP contribution in [0.3, 0.4) is 0 Å². The van der Waals surface area contributed by atoms with Gasteiger partial charge in [0, 0.05) is 28.1 Å². The molecule has 1 saturated carbocycles. The second kappa shape index (κ2) is 17.2. The van der Waals surface area contributed by atoms with E-state index in [2.05, 4.69) is 0 Å². The lowest BCUT2D eigenvalue weighted by Crippen LogP contribution is -2.53. The number of anilines is 2. The van der Waals surface area contributed by atoms with Crippen LogP contribution in [0.2, 0.25) is 5.02 Å². The highest BCUT2D eigenvalue weighted by Gasteiger charge is 2.70. The molecule has 10 nitrogen and oxygen atoms in total. The van der Waals surface area contributed by atoms with Crippen molar-refractivity contribution < 1.29 is 38.5 Å². The molecule has 0 bridgehead atoms. The summed E-state index contributed by atoms with van der Waals surface area (Å²) in [6, 6.07) is 43.3. The predicted octanol–water partition coefficient (Wildman–Crippen LogP) is 10.2. The highest BCUT2D eigenvalue weighted by atomic mass is 35.5. The summed E-state index contributed by atoms with van der Waals surface area (Å²) in [6.45, 7) is 0.265. The van der Waals surface area contributed by atoms with Crippen molar-refractivity contribution >= 4 is 58.8 Å². The van der Waals surface area contributed by atoms with Crippen molar-refractivity contribution in [3.8, 4) is 23.0 Å². The number of hydrogen-bond donors (Lipinski definition) is 1. The van der Waals surface area contributed by atoms with Crippen LogP contribution in [0.15, 0.2) is 157 Å². The molecular weight excluding hydrogens is 852 g/mol. The van der Waals surface area contributed by atoms with E-state index in [1.54, 1.807) is 62.8 Å². The van der Waals surface area contributed by atoms with Gasteiger partial charge in [-0.25, -0.2) is 4.90 Å². The lowest BCUT2D eigenvalue weighted by molar-refractivity contribution is -0.127. The predicted molar refractivity (Wildman–Crippen MR) is 252 cm³/mol. The molecule has 11 heteroatoms. The molecule has 10 rings (SSSR count). The third-order valence-corrected chi connectivity index (χ3v) is 14.0. The van der Waals surface area contributed by atoms with E-state index in [1.165, 1.54) is 15.9 Å². The van der Waals surface area contributed by atoms with Gasteiger partial charge in [0.05, 0.1) is 48.8 Å². The molecule has 2 aliphatic heterocycles. The minimum atomic E-state index is -1.55. The van der Waals surface area contributed by atoms with Crippen LogP contribution in [-0.4, -0.2) is 43.0 Å². The van der Waals surface area contributed by atoms with E-state index in [4.69, 9.17) is 25.8 Å². The van der Waals surface area contributed by atoms with Gasteiger partial charge in [-0.15, -0.1) is 0 Å². The van der Waals surface area contributed by atoms with E-state index < -0.39 is 46.8 Å². The standard InChI is InChI=1S/C55H45ClN2O8/c1-64-40-23-27-48(65-2)35(28-40)19-16-33-17-20-38(21-18-33)57-51(60)44-26-25-42-45(49(44)53(57)62)31-46-52(61)58(39-15-9-14-37(56)29-39)54(63)55(46,36-12-7-4-8-13-36)50(42)43-24-22-41(30-47(43)59)66-32-34-10-5-3-6-11-34/h3-25,27-30,44-46,49-50,59H,26,31-32H2,1-2H3/t44-,45+,46-,49-,50+,55+/m0/s1. The van der Waals surface area contributed by atoms with Crippen molar-refractivity contribution in [3.63, 3.8) is 0 Å². The number of hydrogen-bond acceptors (Lipinski definition) is 8. The summed E-state index contributed by atoms with van der Waals surface area (Å²) in [5.41, 5.74) is 3.54. The number of ether oxygens (including phenoxy) is 3. The maximum Gasteiger partial charge on any atom is 0.246 e. The molecule has 4 amide bonds. The smallest absolute Gasteiger partial charge is 0.246 e. The molecule has 6 atom stereocenters. The fourth-order valence-electron chi connectivity index (χ4n) is 10.8. The lowest BCUT2D eigenvalue weighted by atomic mass is 9.49. The monoisotopic (exact) mass is 896 g/mol. The summed E-state index contributed by atoms with van der Waals surface area (Å²) >= 11 is 6.48. The van der Waals surface area contributed by atoms with Crippen LogP contribution in [0.5, 0.6) is 23.0 Å². The molecule has 6 aromatic carbocycles. The van der Waals surface area contributed by atoms with E-state index in [9.17, 15) is 14.7 Å². The molecule has 2 aliphatic carbocycles. The molecule has 0 aromatic heterocycles. The van der Waals surface area contributed by atoms with Crippen LogP contribution in [0.4, 0.5) is 11.4 Å². The summed E-state index contributed by atoms with van der Waals surface area (Å²) < 4.78 is 17.1. The average molecular weight is 897 g/mol. The second-order valence-electron chi connectivity index (χ2n) is 17.1. The van der Waals surface area contributed by atoms with E-state index in [-0.39, 0.29) is 37.0 Å². The van der Waals surface area contributed by atoms with Gasteiger partial charge in [-0.2, -0.15) is 0 Å². The Balaban J connectivity index is 1.05. The summed E-state index contributed by atoms with van der Waals surface area (Å²) in [4.78, 5) is 62.8. The number of aromatic hydroxyl groups is 1. The molecule has 1 N–H and O–H groups in total. The van der Waals surface area contributed by atoms with Crippen molar-refractivity contribution in [2.24, 2.45) is 23.7 Å². The molecule has 4 aliphatic rings. The number of carbonyl (C=O) groups is 4. The Morgan fingerprint density at radius 1 is 0.697 bits per heavy atom. The summed E-state index contributed by atoms with van der Waals surface area (Å²) in [5, 5.41) is 12.5. The summed E-state index contributed by atoms with van der Waals surface area (Å²) in [7, 11) is 3.21. The van der Waals surface area contributed by atoms with Gasteiger partial charge in [-0.3, -0.25) is 24.1 Å². The van der Waals surface area contributed by atoms with Crippen molar-refractivity contribution in [1.82, 2.24) is 0 Å². The molecule has 2 saturated heterocycles. The van der Waals surface area contributed by atoms with Crippen LogP contribution in [0, 0.1) is 23.7 Å². The number of allylic oxidation sites excluding steroid dienone is 2. The first kappa shape index (κ1) is 42.5. The number of imide groups is 2. The summed E-state index contributed by atoms with van der Waals surface area (Å²) in [5.74, 6) is -3.99. The van der Waals surface area contributed by atoms with Gasteiger partial charge in [0.2, 0.25) is 23.6 Å². The molecule has 66 heavy (non-hydrogen) atoms. The number of benzene rings is 6. The molecule has 0 unspecified atom stereocenters. The van der Waals surface area contributed by atoms with Crippen LogP contribution in [0.25, 0.3) is 12.2 Å². The molecule has 2 heterocycles. The largest absolute Gasteiger partial charge is 0.508 e. The minimum Gasteiger partial charge on any atom is -0.508 e. The normalized spacial score (nSPS) is 23.4. The maximum atomic E-state index is 15.7. The van der Waals surface area contributed by atoms with Crippen LogP contribution < -0.4 is 24.0 Å². The molecular formula is C55H45ClN2O8. The highest BCUT2D eigenvalue weighted by Crippen LogP contribution is 2.65. The topological polar surface area (TPSA) is 123 Å². The van der Waals surface area contributed by atoms with Crippen LogP contribution in [0.1, 0.15) is 46.6 Å². The first-order chi connectivity index (χ1) is 32.1. The third-order valence-electron chi connectivity index (χ3n) is 13.8. The van der Waals surface area contributed by atoms with Gasteiger partial charge in [0.15, 0.2) is 0 Å². The van der Waals surface area contributed by atoms with E-state index >= 15 is 9.59 Å². The van der Waals surface area contributed by atoms with Gasteiger partial charge in [-0.1, -0.05) is 120 Å². The Morgan fingerprint density at radius 2 is 1.44 bits per heavy atom. The highest BCUT2D eigenvalue weighted by molar-refractivity contribution is 6.32.